The Hall–Kier alpha value is -0.720. The van der Waals surface area contributed by atoms with Gasteiger partial charge < -0.3 is 5.73 Å². The van der Waals surface area contributed by atoms with Gasteiger partial charge in [-0.3, -0.25) is 0 Å². The van der Waals surface area contributed by atoms with Crippen LogP contribution < -0.4 is 5.73 Å². The molecule has 2 N–H and O–H groups in total. The summed E-state index contributed by atoms with van der Waals surface area (Å²) in [6.45, 7) is 10.8. The third-order valence-corrected chi connectivity index (χ3v) is 7.40. The van der Waals surface area contributed by atoms with Crippen molar-refractivity contribution in [3.05, 3.63) is 22.8 Å². The summed E-state index contributed by atoms with van der Waals surface area (Å²) in [5, 5.41) is 0.623. The maximum atomic E-state index is 13.1. The fraction of sp³-hybridized carbons (Fsp3) is 0.600. The van der Waals surface area contributed by atoms with Gasteiger partial charge in [-0.25, -0.2) is 8.42 Å². The predicted molar refractivity (Wildman–Crippen MR) is 90.3 cm³/mol. The van der Waals surface area contributed by atoms with Crippen LogP contribution in [0.4, 0.5) is 5.69 Å². The summed E-state index contributed by atoms with van der Waals surface area (Å²) >= 11 is 1.84. The van der Waals surface area contributed by atoms with Gasteiger partial charge in [0.25, 0.3) is 0 Å². The number of nitrogens with zero attached hydrogens (tertiary/aromatic N) is 1. The Kier molecular flexibility index (Phi) is 4.61. The number of rotatable bonds is 2. The van der Waals surface area contributed by atoms with E-state index in [0.29, 0.717) is 39.7 Å². The Labute approximate surface area is 132 Å². The first kappa shape index (κ1) is 16.6. The highest BCUT2D eigenvalue weighted by Gasteiger charge is 2.34. The first-order valence-electron chi connectivity index (χ1n) is 7.16. The van der Waals surface area contributed by atoms with Crippen LogP contribution in [-0.2, 0) is 10.0 Å². The molecule has 0 aliphatic carbocycles. The molecule has 1 aromatic rings. The second-order valence-corrected chi connectivity index (χ2v) is 9.70. The number of sulfonamides is 1. The van der Waals surface area contributed by atoms with E-state index in [-0.39, 0.29) is 0 Å². The van der Waals surface area contributed by atoms with E-state index in [4.69, 9.17) is 5.73 Å². The van der Waals surface area contributed by atoms with Gasteiger partial charge in [-0.05, 0) is 43.5 Å². The highest BCUT2D eigenvalue weighted by molar-refractivity contribution is 8.00. The Morgan fingerprint density at radius 1 is 1.14 bits per heavy atom. The summed E-state index contributed by atoms with van der Waals surface area (Å²) in [6.07, 6.45) is 0. The minimum atomic E-state index is -3.49. The van der Waals surface area contributed by atoms with Gasteiger partial charge in [0.1, 0.15) is 0 Å². The molecule has 0 aromatic heterocycles. The van der Waals surface area contributed by atoms with E-state index in [0.717, 1.165) is 11.1 Å². The van der Waals surface area contributed by atoms with Crippen molar-refractivity contribution >= 4 is 27.5 Å². The quantitative estimate of drug-likeness (QED) is 0.848. The Morgan fingerprint density at radius 3 is 2.19 bits per heavy atom. The van der Waals surface area contributed by atoms with Crippen LogP contribution in [0.3, 0.4) is 0 Å². The van der Waals surface area contributed by atoms with Crippen molar-refractivity contribution in [2.24, 2.45) is 0 Å². The molecule has 0 spiro atoms. The third-order valence-electron chi connectivity index (χ3n) is 4.06. The minimum absolute atomic E-state index is 0.311. The molecule has 21 heavy (non-hydrogen) atoms. The van der Waals surface area contributed by atoms with E-state index in [1.165, 1.54) is 0 Å². The fourth-order valence-corrected chi connectivity index (χ4v) is 6.55. The number of thioether (sulfide) groups is 1. The number of benzene rings is 1. The summed E-state index contributed by atoms with van der Waals surface area (Å²) < 4.78 is 27.8. The predicted octanol–water partition coefficient (Wildman–Crippen LogP) is 2.71. The molecule has 1 heterocycles. The normalized spacial score (nSPS) is 24.2. The molecule has 6 heteroatoms. The van der Waals surface area contributed by atoms with Gasteiger partial charge in [-0.15, -0.1) is 0 Å². The van der Waals surface area contributed by atoms with Crippen molar-refractivity contribution in [1.82, 2.24) is 4.31 Å². The van der Waals surface area contributed by atoms with Gasteiger partial charge in [0, 0.05) is 29.3 Å². The summed E-state index contributed by atoms with van der Waals surface area (Å²) in [6, 6.07) is 1.85. The second kappa shape index (κ2) is 5.82. The van der Waals surface area contributed by atoms with Crippen molar-refractivity contribution in [3.8, 4) is 0 Å². The first-order valence-corrected chi connectivity index (χ1v) is 9.54. The molecule has 0 bridgehead atoms. The summed E-state index contributed by atoms with van der Waals surface area (Å²) in [5.74, 6) is 0. The molecule has 1 fully saturated rings. The SMILES string of the molecule is Cc1cc(N)c(C)c(S(=O)(=O)N2CC(C)SC(C)C2)c1C. The summed E-state index contributed by atoms with van der Waals surface area (Å²) in [4.78, 5) is 0.395. The van der Waals surface area contributed by atoms with Crippen molar-refractivity contribution in [3.63, 3.8) is 0 Å². The molecule has 1 aliphatic rings. The molecule has 0 radical (unpaired) electrons. The third kappa shape index (κ3) is 3.07. The van der Waals surface area contributed by atoms with Crippen molar-refractivity contribution in [1.29, 1.82) is 0 Å². The smallest absolute Gasteiger partial charge is 0.243 e. The molecule has 1 aromatic carbocycles. The average Bonchev–Trinajstić information content (AvgIpc) is 2.35. The van der Waals surface area contributed by atoms with Crippen molar-refractivity contribution < 1.29 is 8.42 Å². The molecular formula is C15H24N2O2S2. The standard InChI is InChI=1S/C15H24N2O2S2/c1-9-6-14(16)13(5)15(12(9)4)21(18,19)17-7-10(2)20-11(3)8-17/h6,10-11H,7-8,16H2,1-5H3. The largest absolute Gasteiger partial charge is 0.398 e. The number of nitrogen functional groups attached to an aromatic ring is 1. The highest BCUT2D eigenvalue weighted by atomic mass is 32.2. The Bertz CT molecular complexity index is 620. The summed E-state index contributed by atoms with van der Waals surface area (Å²) in [5.41, 5.74) is 8.92. The number of nitrogens with two attached hydrogens (primary N) is 1. The molecule has 2 atom stereocenters. The van der Waals surface area contributed by atoms with Gasteiger partial charge in [-0.2, -0.15) is 16.1 Å². The van der Waals surface area contributed by atoms with E-state index >= 15 is 0 Å². The maximum absolute atomic E-state index is 13.1. The van der Waals surface area contributed by atoms with Gasteiger partial charge in [0.15, 0.2) is 0 Å². The van der Waals surface area contributed by atoms with Gasteiger partial charge in [-0.1, -0.05) is 13.8 Å². The van der Waals surface area contributed by atoms with Crippen LogP contribution >= 0.6 is 11.8 Å². The van der Waals surface area contributed by atoms with Gasteiger partial charge >= 0.3 is 0 Å². The lowest BCUT2D eigenvalue weighted by Crippen LogP contribution is -2.44. The van der Waals surface area contributed by atoms with E-state index in [2.05, 4.69) is 13.8 Å². The zero-order valence-corrected chi connectivity index (χ0v) is 14.9. The topological polar surface area (TPSA) is 63.4 Å². The Morgan fingerprint density at radius 2 is 1.67 bits per heavy atom. The van der Waals surface area contributed by atoms with E-state index in [1.54, 1.807) is 11.2 Å². The van der Waals surface area contributed by atoms with Crippen LogP contribution in [0.5, 0.6) is 0 Å². The van der Waals surface area contributed by atoms with E-state index < -0.39 is 10.0 Å². The van der Waals surface area contributed by atoms with E-state index in [1.807, 2.05) is 31.7 Å². The van der Waals surface area contributed by atoms with Crippen LogP contribution in [0.15, 0.2) is 11.0 Å². The lowest BCUT2D eigenvalue weighted by molar-refractivity contribution is 0.404. The molecular weight excluding hydrogens is 304 g/mol. The van der Waals surface area contributed by atoms with Crippen molar-refractivity contribution in [2.45, 2.75) is 50.0 Å². The lowest BCUT2D eigenvalue weighted by atomic mass is 10.1. The van der Waals surface area contributed by atoms with Crippen LogP contribution in [0.1, 0.15) is 30.5 Å². The first-order chi connectivity index (χ1) is 9.64. The number of hydrogen-bond donors (Lipinski definition) is 1. The summed E-state index contributed by atoms with van der Waals surface area (Å²) in [7, 11) is -3.49. The number of hydrogen-bond acceptors (Lipinski definition) is 4. The monoisotopic (exact) mass is 328 g/mol. The number of aryl methyl sites for hydroxylation is 1. The van der Waals surface area contributed by atoms with E-state index in [9.17, 15) is 8.42 Å². The van der Waals surface area contributed by atoms with Crippen LogP contribution in [0.2, 0.25) is 0 Å². The zero-order chi connectivity index (χ0) is 15.9. The zero-order valence-electron chi connectivity index (χ0n) is 13.3. The van der Waals surface area contributed by atoms with Crippen molar-refractivity contribution in [2.75, 3.05) is 18.8 Å². The molecule has 0 saturated carbocycles. The molecule has 1 aliphatic heterocycles. The average molecular weight is 329 g/mol. The second-order valence-electron chi connectivity index (χ2n) is 5.94. The molecule has 4 nitrogen and oxygen atoms in total. The molecule has 2 unspecified atom stereocenters. The van der Waals surface area contributed by atoms with Crippen LogP contribution in [0, 0.1) is 20.8 Å². The molecule has 0 amide bonds. The van der Waals surface area contributed by atoms with Gasteiger partial charge in [0.05, 0.1) is 4.90 Å². The fourth-order valence-electron chi connectivity index (χ4n) is 2.88. The maximum Gasteiger partial charge on any atom is 0.243 e. The van der Waals surface area contributed by atoms with Gasteiger partial charge in [0.2, 0.25) is 10.0 Å². The van der Waals surface area contributed by atoms with Crippen LogP contribution in [-0.4, -0.2) is 36.3 Å². The molecule has 1 saturated heterocycles. The minimum Gasteiger partial charge on any atom is -0.398 e. The lowest BCUT2D eigenvalue weighted by Gasteiger charge is -2.34. The van der Waals surface area contributed by atoms with Crippen LogP contribution in [0.25, 0.3) is 0 Å². The highest BCUT2D eigenvalue weighted by Crippen LogP contribution is 2.34. The number of anilines is 1. The Balaban J connectivity index is 2.55. The molecule has 2 rings (SSSR count). The molecule has 118 valence electrons.